The topological polar surface area (TPSA) is 111 Å². The number of ether oxygens (including phenoxy) is 2. The Morgan fingerprint density at radius 1 is 1.33 bits per heavy atom. The highest BCUT2D eigenvalue weighted by Gasteiger charge is 2.31. The average Bonchev–Trinajstić information content (AvgIpc) is 3.11. The van der Waals surface area contributed by atoms with Crippen LogP contribution in [-0.4, -0.2) is 49.6 Å². The fourth-order valence-electron chi connectivity index (χ4n) is 3.56. The summed E-state index contributed by atoms with van der Waals surface area (Å²) >= 11 is 5.96. The molecule has 0 aliphatic carbocycles. The van der Waals surface area contributed by atoms with Crippen molar-refractivity contribution >= 4 is 40.2 Å². The molecule has 0 bridgehead atoms. The number of anilines is 2. The zero-order chi connectivity index (χ0) is 21.3. The molecule has 3 atom stereocenters. The van der Waals surface area contributed by atoms with Crippen molar-refractivity contribution in [1.82, 2.24) is 19.5 Å². The lowest BCUT2D eigenvalue weighted by Gasteiger charge is -2.33. The number of hydrogen-bond acceptors (Lipinski definition) is 8. The predicted molar refractivity (Wildman–Crippen MR) is 111 cm³/mol. The monoisotopic (exact) mass is 431 g/mol. The first kappa shape index (κ1) is 20.5. The van der Waals surface area contributed by atoms with E-state index >= 15 is 0 Å². The summed E-state index contributed by atoms with van der Waals surface area (Å²) in [4.78, 5) is 24.7. The Morgan fingerprint density at radius 3 is 2.83 bits per heavy atom. The Labute approximate surface area is 178 Å². The number of aryl methyl sites for hydroxylation is 1. The van der Waals surface area contributed by atoms with E-state index in [1.54, 1.807) is 18.5 Å². The number of carbonyl (C=O) groups is 1. The lowest BCUT2D eigenvalue weighted by Crippen LogP contribution is -2.36. The number of fused-ring (bicyclic) bond motifs is 1. The summed E-state index contributed by atoms with van der Waals surface area (Å²) in [6.07, 6.45) is 1.26. The second-order valence-electron chi connectivity index (χ2n) is 7.22. The van der Waals surface area contributed by atoms with Crippen molar-refractivity contribution in [3.05, 3.63) is 41.4 Å². The molecule has 3 heterocycles. The van der Waals surface area contributed by atoms with Gasteiger partial charge >= 0.3 is 5.97 Å². The molecule has 1 aliphatic rings. The van der Waals surface area contributed by atoms with Crippen LogP contribution in [0, 0.1) is 6.92 Å². The van der Waals surface area contributed by atoms with Gasteiger partial charge in [0.15, 0.2) is 23.3 Å². The fraction of sp³-hybridized carbons (Fsp3) is 0.400. The van der Waals surface area contributed by atoms with E-state index < -0.39 is 12.4 Å². The van der Waals surface area contributed by atoms with Gasteiger partial charge in [-0.3, -0.25) is 4.79 Å². The first-order valence-electron chi connectivity index (χ1n) is 9.59. The first-order valence-corrected chi connectivity index (χ1v) is 9.97. The maximum atomic E-state index is 11.1. The lowest BCUT2D eigenvalue weighted by atomic mass is 10.0. The molecule has 0 amide bonds. The first-order chi connectivity index (χ1) is 14.4. The molecule has 2 N–H and O–H groups in total. The number of benzene rings is 1. The molecule has 0 spiro atoms. The SMILES string of the molecule is CC(=O)OC[C@@H]1C[C@H](n2cnc3c(Nc4ccc(Cl)cc4)nc(C)nc32)C[C@@H](O)O1. The molecular formula is C20H22ClN5O4. The minimum Gasteiger partial charge on any atom is -0.463 e. The zero-order valence-electron chi connectivity index (χ0n) is 16.6. The summed E-state index contributed by atoms with van der Waals surface area (Å²) in [6.45, 7) is 3.24. The number of carbonyl (C=O) groups excluding carboxylic acids is 1. The van der Waals surface area contributed by atoms with E-state index in [2.05, 4.69) is 20.3 Å². The predicted octanol–water partition coefficient (Wildman–Crippen LogP) is 3.13. The van der Waals surface area contributed by atoms with E-state index in [0.717, 1.165) is 5.69 Å². The van der Waals surface area contributed by atoms with Crippen molar-refractivity contribution in [3.63, 3.8) is 0 Å². The van der Waals surface area contributed by atoms with Gasteiger partial charge in [0.05, 0.1) is 12.4 Å². The molecule has 0 saturated carbocycles. The minimum atomic E-state index is -0.962. The quantitative estimate of drug-likeness (QED) is 0.592. The summed E-state index contributed by atoms with van der Waals surface area (Å²) in [6, 6.07) is 7.19. The van der Waals surface area contributed by atoms with Crippen molar-refractivity contribution in [2.24, 2.45) is 0 Å². The van der Waals surface area contributed by atoms with Crippen LogP contribution in [0.15, 0.2) is 30.6 Å². The smallest absolute Gasteiger partial charge is 0.302 e. The van der Waals surface area contributed by atoms with Crippen LogP contribution < -0.4 is 5.32 Å². The number of aliphatic hydroxyl groups is 1. The van der Waals surface area contributed by atoms with Gasteiger partial charge in [0.1, 0.15) is 12.4 Å². The second-order valence-corrected chi connectivity index (χ2v) is 7.65. The maximum Gasteiger partial charge on any atom is 0.302 e. The molecule has 1 fully saturated rings. The third-order valence-electron chi connectivity index (χ3n) is 4.86. The van der Waals surface area contributed by atoms with Crippen LogP contribution in [0.3, 0.4) is 0 Å². The van der Waals surface area contributed by atoms with Crippen LogP contribution in [0.25, 0.3) is 11.2 Å². The van der Waals surface area contributed by atoms with Crippen molar-refractivity contribution in [1.29, 1.82) is 0 Å². The number of hydrogen-bond donors (Lipinski definition) is 2. The molecule has 30 heavy (non-hydrogen) atoms. The van der Waals surface area contributed by atoms with E-state index in [4.69, 9.17) is 21.1 Å². The number of halogens is 1. The maximum absolute atomic E-state index is 11.1. The largest absolute Gasteiger partial charge is 0.463 e. The number of aromatic nitrogens is 4. The van der Waals surface area contributed by atoms with Crippen LogP contribution in [-0.2, 0) is 14.3 Å². The Hall–Kier alpha value is -2.75. The van der Waals surface area contributed by atoms with Gasteiger partial charge in [0.2, 0.25) is 0 Å². The van der Waals surface area contributed by atoms with Gasteiger partial charge in [0, 0.05) is 30.1 Å². The standard InChI is InChI=1S/C20H22ClN5O4/c1-11-23-19(25-14-5-3-13(21)4-6-14)18-20(24-11)26(10-22-18)15-7-16(9-29-12(2)27)30-17(28)8-15/h3-6,10,15-17,28H,7-9H2,1-2H3,(H,23,24,25)/t15-,16-,17-/m0/s1. The van der Waals surface area contributed by atoms with Crippen LogP contribution >= 0.6 is 11.6 Å². The summed E-state index contributed by atoms with van der Waals surface area (Å²) in [7, 11) is 0. The number of rotatable bonds is 5. The van der Waals surface area contributed by atoms with E-state index in [-0.39, 0.29) is 18.6 Å². The highest BCUT2D eigenvalue weighted by Crippen LogP contribution is 2.32. The molecule has 1 aliphatic heterocycles. The third-order valence-corrected chi connectivity index (χ3v) is 5.12. The third kappa shape index (κ3) is 4.53. The number of esters is 1. The molecule has 0 radical (unpaired) electrons. The van der Waals surface area contributed by atoms with Crippen LogP contribution in [0.5, 0.6) is 0 Å². The van der Waals surface area contributed by atoms with Crippen LogP contribution in [0.2, 0.25) is 5.02 Å². The molecule has 0 unspecified atom stereocenters. The van der Waals surface area contributed by atoms with Gasteiger partial charge in [-0.2, -0.15) is 0 Å². The summed E-state index contributed by atoms with van der Waals surface area (Å²) in [5.41, 5.74) is 2.11. The van der Waals surface area contributed by atoms with E-state index in [1.807, 2.05) is 23.6 Å². The summed E-state index contributed by atoms with van der Waals surface area (Å²) in [5.74, 6) is 0.789. The van der Waals surface area contributed by atoms with Crippen LogP contribution in [0.4, 0.5) is 11.5 Å². The molecule has 10 heteroatoms. The average molecular weight is 432 g/mol. The van der Waals surface area contributed by atoms with E-state index in [1.165, 1.54) is 6.92 Å². The number of nitrogens with one attached hydrogen (secondary N) is 1. The molecule has 1 saturated heterocycles. The Bertz CT molecular complexity index is 1060. The Morgan fingerprint density at radius 2 is 2.10 bits per heavy atom. The van der Waals surface area contributed by atoms with Gasteiger partial charge in [-0.1, -0.05) is 11.6 Å². The number of imidazole rings is 1. The number of aliphatic hydroxyl groups excluding tert-OH is 1. The molecule has 2 aromatic heterocycles. The normalized spacial score (nSPS) is 21.5. The molecular weight excluding hydrogens is 410 g/mol. The van der Waals surface area contributed by atoms with Gasteiger partial charge in [-0.05, 0) is 37.6 Å². The van der Waals surface area contributed by atoms with Gasteiger partial charge in [0.25, 0.3) is 0 Å². The van der Waals surface area contributed by atoms with Crippen molar-refractivity contribution in [2.45, 2.75) is 45.1 Å². The highest BCUT2D eigenvalue weighted by molar-refractivity contribution is 6.30. The van der Waals surface area contributed by atoms with Crippen molar-refractivity contribution < 1.29 is 19.4 Å². The van der Waals surface area contributed by atoms with Gasteiger partial charge in [-0.15, -0.1) is 0 Å². The lowest BCUT2D eigenvalue weighted by molar-refractivity contribution is -0.190. The van der Waals surface area contributed by atoms with Gasteiger partial charge in [-0.25, -0.2) is 15.0 Å². The van der Waals surface area contributed by atoms with E-state index in [9.17, 15) is 9.90 Å². The summed E-state index contributed by atoms with van der Waals surface area (Å²) < 4.78 is 12.5. The number of nitrogens with zero attached hydrogens (tertiary/aromatic N) is 4. The Balaban J connectivity index is 1.63. The van der Waals surface area contributed by atoms with Crippen LogP contribution in [0.1, 0.15) is 31.6 Å². The molecule has 3 aromatic rings. The van der Waals surface area contributed by atoms with Gasteiger partial charge < -0.3 is 24.5 Å². The Kier molecular flexibility index (Phi) is 5.85. The minimum absolute atomic E-state index is 0.0902. The highest BCUT2D eigenvalue weighted by atomic mass is 35.5. The molecule has 1 aromatic carbocycles. The molecule has 9 nitrogen and oxygen atoms in total. The fourth-order valence-corrected chi connectivity index (χ4v) is 3.69. The van der Waals surface area contributed by atoms with Crippen molar-refractivity contribution in [2.75, 3.05) is 11.9 Å². The van der Waals surface area contributed by atoms with E-state index in [0.29, 0.717) is 40.7 Å². The second kappa shape index (κ2) is 8.55. The molecule has 4 rings (SSSR count). The summed E-state index contributed by atoms with van der Waals surface area (Å²) in [5, 5.41) is 14.1. The molecule has 158 valence electrons. The zero-order valence-corrected chi connectivity index (χ0v) is 17.3. The van der Waals surface area contributed by atoms with Crippen molar-refractivity contribution in [3.8, 4) is 0 Å².